The molecule has 31 heavy (non-hydrogen) atoms. The maximum absolute atomic E-state index is 12.4. The number of rotatable bonds is 5. The fraction of sp³-hybridized carbons (Fsp3) is 0.522. The van der Waals surface area contributed by atoms with Crippen LogP contribution in [-0.2, 0) is 14.4 Å². The molecule has 1 saturated heterocycles. The number of piperazine rings is 1. The third-order valence-corrected chi connectivity index (χ3v) is 6.20. The molecule has 2 N–H and O–H groups in total. The molecule has 2 aliphatic carbocycles. The Bertz CT molecular complexity index is 802. The van der Waals surface area contributed by atoms with Gasteiger partial charge >= 0.3 is 11.9 Å². The highest BCUT2D eigenvalue weighted by Crippen LogP contribution is 2.43. The zero-order valence-corrected chi connectivity index (χ0v) is 17.8. The number of nitrogens with zero attached hydrogens (tertiary/aromatic N) is 2. The number of carbonyl (C=O) groups is 3. The maximum Gasteiger partial charge on any atom is 0.414 e. The van der Waals surface area contributed by atoms with Crippen LogP contribution in [-0.4, -0.2) is 77.2 Å². The van der Waals surface area contributed by atoms with Gasteiger partial charge in [-0.05, 0) is 49.7 Å². The number of hydrogen-bond acceptors (Lipinski definition) is 5. The molecule has 3 aliphatic rings. The van der Waals surface area contributed by atoms with Gasteiger partial charge in [0.2, 0.25) is 0 Å². The predicted molar refractivity (Wildman–Crippen MR) is 114 cm³/mol. The average molecular weight is 431 g/mol. The first-order valence-corrected chi connectivity index (χ1v) is 10.7. The fourth-order valence-corrected chi connectivity index (χ4v) is 4.49. The summed E-state index contributed by atoms with van der Waals surface area (Å²) >= 11 is 0. The van der Waals surface area contributed by atoms with Gasteiger partial charge in [-0.1, -0.05) is 29.8 Å². The number of aliphatic carboxylic acids is 2. The minimum Gasteiger partial charge on any atom is -0.484 e. The number of carboxylic acid groups (broad SMARTS) is 2. The van der Waals surface area contributed by atoms with E-state index in [1.807, 2.05) is 36.1 Å². The lowest BCUT2D eigenvalue weighted by atomic mass is 9.93. The Morgan fingerprint density at radius 3 is 2.13 bits per heavy atom. The highest BCUT2D eigenvalue weighted by Gasteiger charge is 2.36. The van der Waals surface area contributed by atoms with E-state index >= 15 is 0 Å². The van der Waals surface area contributed by atoms with Crippen LogP contribution in [0.5, 0.6) is 5.75 Å². The van der Waals surface area contributed by atoms with Gasteiger partial charge in [0.25, 0.3) is 5.91 Å². The van der Waals surface area contributed by atoms with Gasteiger partial charge in [0.15, 0.2) is 6.61 Å². The van der Waals surface area contributed by atoms with Gasteiger partial charge < -0.3 is 19.8 Å². The van der Waals surface area contributed by atoms with E-state index in [-0.39, 0.29) is 12.5 Å². The number of aryl methyl sites for hydroxylation is 1. The molecular weight excluding hydrogens is 400 g/mol. The smallest absolute Gasteiger partial charge is 0.414 e. The van der Waals surface area contributed by atoms with E-state index in [4.69, 9.17) is 24.5 Å². The highest BCUT2D eigenvalue weighted by molar-refractivity contribution is 6.27. The zero-order valence-electron chi connectivity index (χ0n) is 17.8. The molecule has 1 aromatic rings. The fourth-order valence-electron chi connectivity index (χ4n) is 4.49. The Labute approximate surface area is 182 Å². The topological polar surface area (TPSA) is 107 Å². The lowest BCUT2D eigenvalue weighted by molar-refractivity contribution is -0.159. The summed E-state index contributed by atoms with van der Waals surface area (Å²) in [5, 5.41) is 14.8. The molecule has 1 saturated carbocycles. The molecule has 2 fully saturated rings. The molecule has 1 aliphatic heterocycles. The number of benzene rings is 1. The predicted octanol–water partition coefficient (Wildman–Crippen LogP) is 1.89. The molecule has 1 heterocycles. The number of carboxylic acids is 2. The van der Waals surface area contributed by atoms with Gasteiger partial charge in [-0.15, -0.1) is 0 Å². The van der Waals surface area contributed by atoms with Crippen LogP contribution in [0.3, 0.4) is 0 Å². The molecule has 0 aromatic heterocycles. The van der Waals surface area contributed by atoms with Crippen LogP contribution < -0.4 is 4.74 Å². The Morgan fingerprint density at radius 2 is 1.61 bits per heavy atom. The van der Waals surface area contributed by atoms with E-state index in [1.54, 1.807) is 0 Å². The quantitative estimate of drug-likeness (QED) is 0.543. The van der Waals surface area contributed by atoms with Crippen molar-refractivity contribution in [3.05, 3.63) is 42.0 Å². The van der Waals surface area contributed by atoms with Crippen LogP contribution in [0.2, 0.25) is 0 Å². The number of allylic oxidation sites excluding steroid dienone is 2. The second-order valence-corrected chi connectivity index (χ2v) is 8.43. The highest BCUT2D eigenvalue weighted by atomic mass is 16.5. The van der Waals surface area contributed by atoms with Gasteiger partial charge in [-0.3, -0.25) is 9.69 Å². The van der Waals surface area contributed by atoms with Crippen LogP contribution in [0.1, 0.15) is 18.4 Å². The number of ether oxygens (including phenoxy) is 1. The Balaban J connectivity index is 0.000000401. The lowest BCUT2D eigenvalue weighted by Crippen LogP contribution is -2.51. The van der Waals surface area contributed by atoms with Crippen molar-refractivity contribution in [2.45, 2.75) is 19.8 Å². The van der Waals surface area contributed by atoms with E-state index < -0.39 is 11.9 Å². The number of amides is 1. The van der Waals surface area contributed by atoms with Crippen molar-refractivity contribution in [3.63, 3.8) is 0 Å². The molecule has 2 bridgehead atoms. The van der Waals surface area contributed by atoms with E-state index in [2.05, 4.69) is 17.1 Å². The summed E-state index contributed by atoms with van der Waals surface area (Å²) in [6, 6.07) is 7.85. The lowest BCUT2D eigenvalue weighted by Gasteiger charge is -2.36. The van der Waals surface area contributed by atoms with Crippen LogP contribution in [0.4, 0.5) is 0 Å². The standard InChI is InChI=1S/C21H28N2O2.C2H2O4/c1-16-2-6-20(7-3-16)25-15-21(24)23-10-8-22(9-11-23)14-19-13-17-4-5-18(19)12-17;3-1(4)2(5)6/h2-7,17-19H,8-15H2,1H3;(H,3,4)(H,5,6). The number of carbonyl (C=O) groups excluding carboxylic acids is 1. The monoisotopic (exact) mass is 430 g/mol. The minimum absolute atomic E-state index is 0.100. The zero-order chi connectivity index (χ0) is 22.4. The normalized spacial score (nSPS) is 24.4. The van der Waals surface area contributed by atoms with E-state index in [1.165, 1.54) is 24.9 Å². The van der Waals surface area contributed by atoms with Crippen molar-refractivity contribution in [1.29, 1.82) is 0 Å². The molecule has 3 atom stereocenters. The molecule has 8 heteroatoms. The van der Waals surface area contributed by atoms with Crippen molar-refractivity contribution in [3.8, 4) is 5.75 Å². The second kappa shape index (κ2) is 10.4. The first-order valence-electron chi connectivity index (χ1n) is 10.7. The van der Waals surface area contributed by atoms with Crippen LogP contribution in [0, 0.1) is 24.7 Å². The molecular formula is C23H30N2O6. The van der Waals surface area contributed by atoms with Crippen molar-refractivity contribution < 1.29 is 29.3 Å². The Morgan fingerprint density at radius 1 is 0.968 bits per heavy atom. The van der Waals surface area contributed by atoms with E-state index in [9.17, 15) is 4.79 Å². The van der Waals surface area contributed by atoms with Crippen molar-refractivity contribution >= 4 is 17.8 Å². The maximum atomic E-state index is 12.4. The molecule has 3 unspecified atom stereocenters. The van der Waals surface area contributed by atoms with Gasteiger partial charge in [-0.25, -0.2) is 9.59 Å². The summed E-state index contributed by atoms with van der Waals surface area (Å²) in [4.78, 5) is 35.1. The van der Waals surface area contributed by atoms with Crippen LogP contribution in [0.15, 0.2) is 36.4 Å². The second-order valence-electron chi connectivity index (χ2n) is 8.43. The minimum atomic E-state index is -1.82. The molecule has 1 aromatic carbocycles. The van der Waals surface area contributed by atoms with Crippen LogP contribution >= 0.6 is 0 Å². The third-order valence-electron chi connectivity index (χ3n) is 6.20. The van der Waals surface area contributed by atoms with Gasteiger partial charge in [-0.2, -0.15) is 0 Å². The van der Waals surface area contributed by atoms with E-state index in [0.29, 0.717) is 0 Å². The third kappa shape index (κ3) is 6.55. The Kier molecular flexibility index (Phi) is 7.68. The van der Waals surface area contributed by atoms with Crippen molar-refractivity contribution in [1.82, 2.24) is 9.80 Å². The van der Waals surface area contributed by atoms with Crippen molar-refractivity contribution in [2.75, 3.05) is 39.3 Å². The van der Waals surface area contributed by atoms with Gasteiger partial charge in [0, 0.05) is 32.7 Å². The summed E-state index contributed by atoms with van der Waals surface area (Å²) in [6.45, 7) is 7.02. The van der Waals surface area contributed by atoms with E-state index in [0.717, 1.165) is 49.7 Å². The number of hydrogen-bond donors (Lipinski definition) is 2. The summed E-state index contributed by atoms with van der Waals surface area (Å²) in [7, 11) is 0. The number of fused-ring (bicyclic) bond motifs is 2. The summed E-state index contributed by atoms with van der Waals surface area (Å²) < 4.78 is 5.63. The molecule has 4 rings (SSSR count). The summed E-state index contributed by atoms with van der Waals surface area (Å²) in [6.07, 6.45) is 7.58. The molecule has 0 spiro atoms. The van der Waals surface area contributed by atoms with Crippen LogP contribution in [0.25, 0.3) is 0 Å². The SMILES string of the molecule is Cc1ccc(OCC(=O)N2CCN(CC3CC4C=CC3C4)CC2)cc1.O=C(O)C(=O)O. The largest absolute Gasteiger partial charge is 0.484 e. The molecule has 0 radical (unpaired) electrons. The van der Waals surface area contributed by atoms with Crippen molar-refractivity contribution in [2.24, 2.45) is 17.8 Å². The first kappa shape index (κ1) is 22.8. The Hall–Kier alpha value is -2.87. The molecule has 168 valence electrons. The van der Waals surface area contributed by atoms with Gasteiger partial charge in [0.1, 0.15) is 5.75 Å². The molecule has 1 amide bonds. The van der Waals surface area contributed by atoms with Gasteiger partial charge in [0.05, 0.1) is 0 Å². The first-order chi connectivity index (χ1) is 14.8. The molecule has 8 nitrogen and oxygen atoms in total. The summed E-state index contributed by atoms with van der Waals surface area (Å²) in [5.41, 5.74) is 1.20. The average Bonchev–Trinajstić information content (AvgIpc) is 3.37. The summed E-state index contributed by atoms with van der Waals surface area (Å²) in [5.74, 6) is -0.290.